The second-order valence-electron chi connectivity index (χ2n) is 8.24. The zero-order chi connectivity index (χ0) is 22.4. The first-order valence-electron chi connectivity index (χ1n) is 10.1. The van der Waals surface area contributed by atoms with Crippen LogP contribution in [0.15, 0.2) is 24.3 Å². The average molecular weight is 447 g/mol. The van der Waals surface area contributed by atoms with E-state index in [1.54, 1.807) is 13.0 Å². The van der Waals surface area contributed by atoms with Gasteiger partial charge in [0.25, 0.3) is 5.92 Å². The Labute approximate surface area is 206 Å². The molecule has 32 heavy (non-hydrogen) atoms. The minimum absolute atomic E-state index is 0. The van der Waals surface area contributed by atoms with Gasteiger partial charge in [0, 0.05) is 18.0 Å². The second-order valence-corrected chi connectivity index (χ2v) is 8.24. The SMILES string of the molecule is Cc1nc(NCc2cccc(C(F)(F)C(C)C)c2F)c2cc(C3(C#N)CC3)[c-]nc2n1.[Na+]. The van der Waals surface area contributed by atoms with E-state index in [1.807, 2.05) is 0 Å². The molecule has 1 N–H and O–H groups in total. The van der Waals surface area contributed by atoms with Gasteiger partial charge >= 0.3 is 29.6 Å². The van der Waals surface area contributed by atoms with Crippen molar-refractivity contribution < 1.29 is 42.7 Å². The Morgan fingerprint density at radius 3 is 2.62 bits per heavy atom. The van der Waals surface area contributed by atoms with Crippen LogP contribution in [0.4, 0.5) is 19.0 Å². The topological polar surface area (TPSA) is 74.5 Å². The summed E-state index contributed by atoms with van der Waals surface area (Å²) >= 11 is 0. The Balaban J connectivity index is 0.00000289. The van der Waals surface area contributed by atoms with Gasteiger partial charge in [-0.05, 0) is 25.2 Å². The summed E-state index contributed by atoms with van der Waals surface area (Å²) in [6.45, 7) is 4.37. The van der Waals surface area contributed by atoms with Crippen LogP contribution >= 0.6 is 0 Å². The molecule has 0 atom stereocenters. The fraction of sp³-hybridized carbons (Fsp3) is 0.391. The molecular formula is C23H21F3N5Na. The van der Waals surface area contributed by atoms with E-state index >= 15 is 0 Å². The Bertz CT molecular complexity index is 1200. The molecule has 2 aromatic heterocycles. The van der Waals surface area contributed by atoms with Crippen LogP contribution in [0.5, 0.6) is 0 Å². The molecule has 2 heterocycles. The van der Waals surface area contributed by atoms with Gasteiger partial charge in [-0.1, -0.05) is 38.2 Å². The third kappa shape index (κ3) is 4.34. The minimum Gasteiger partial charge on any atom is -0.369 e. The fourth-order valence-corrected chi connectivity index (χ4v) is 3.48. The quantitative estimate of drug-likeness (QED) is 0.463. The van der Waals surface area contributed by atoms with Crippen molar-refractivity contribution >= 4 is 16.9 Å². The van der Waals surface area contributed by atoms with Crippen LogP contribution in [0.2, 0.25) is 0 Å². The molecule has 0 radical (unpaired) electrons. The first-order chi connectivity index (χ1) is 14.7. The van der Waals surface area contributed by atoms with Crippen LogP contribution in [0.25, 0.3) is 11.0 Å². The minimum atomic E-state index is -3.27. The summed E-state index contributed by atoms with van der Waals surface area (Å²) in [6, 6.07) is 8.09. The molecule has 0 spiro atoms. The fourth-order valence-electron chi connectivity index (χ4n) is 3.48. The van der Waals surface area contributed by atoms with E-state index in [-0.39, 0.29) is 41.7 Å². The number of benzene rings is 1. The molecule has 0 aliphatic heterocycles. The molecule has 0 saturated heterocycles. The molecule has 1 aliphatic rings. The molecule has 1 fully saturated rings. The van der Waals surface area contributed by atoms with Gasteiger partial charge in [-0.3, -0.25) is 4.98 Å². The normalized spacial score (nSPS) is 14.7. The van der Waals surface area contributed by atoms with Crippen molar-refractivity contribution in [2.45, 2.75) is 51.5 Å². The maximum absolute atomic E-state index is 14.9. The second kappa shape index (κ2) is 8.97. The van der Waals surface area contributed by atoms with E-state index in [9.17, 15) is 18.4 Å². The van der Waals surface area contributed by atoms with Crippen LogP contribution in [0, 0.1) is 36.2 Å². The van der Waals surface area contributed by atoms with Gasteiger partial charge < -0.3 is 10.3 Å². The number of aryl methyl sites for hydroxylation is 1. The first-order valence-corrected chi connectivity index (χ1v) is 10.1. The van der Waals surface area contributed by atoms with E-state index in [1.165, 1.54) is 26.0 Å². The molecule has 1 aliphatic carbocycles. The van der Waals surface area contributed by atoms with Crippen molar-refractivity contribution in [3.05, 3.63) is 58.8 Å². The summed E-state index contributed by atoms with van der Waals surface area (Å²) in [5, 5.41) is 13.1. The van der Waals surface area contributed by atoms with E-state index in [0.29, 0.717) is 28.2 Å². The number of aromatic nitrogens is 3. The molecule has 160 valence electrons. The van der Waals surface area contributed by atoms with Crippen LogP contribution in [-0.4, -0.2) is 15.0 Å². The third-order valence-corrected chi connectivity index (χ3v) is 5.70. The number of hydrogen-bond acceptors (Lipinski definition) is 5. The maximum Gasteiger partial charge on any atom is 1.00 e. The molecule has 5 nitrogen and oxygen atoms in total. The zero-order valence-corrected chi connectivity index (χ0v) is 20.4. The number of rotatable bonds is 6. The average Bonchev–Trinajstić information content (AvgIpc) is 3.53. The standard InChI is InChI=1S/C23H21F3N5.Na/c1-13(2)23(25,26)18-6-4-5-15(19(18)24)10-28-20-17-9-16(22(12-27)7-8-22)11-29-21(17)31-14(3)30-20;/h4-6,9,13H,7-8,10H2,1-3H3,(H,28,29,30,31);/q-1;+1. The van der Waals surface area contributed by atoms with Gasteiger partial charge in [0.05, 0.1) is 22.7 Å². The van der Waals surface area contributed by atoms with Crippen LogP contribution in [0.3, 0.4) is 0 Å². The number of anilines is 1. The van der Waals surface area contributed by atoms with E-state index in [0.717, 1.165) is 18.9 Å². The van der Waals surface area contributed by atoms with Gasteiger partial charge in [0.2, 0.25) is 0 Å². The Morgan fingerprint density at radius 2 is 2.00 bits per heavy atom. The molecular weight excluding hydrogens is 426 g/mol. The van der Waals surface area contributed by atoms with Gasteiger partial charge in [0.15, 0.2) is 0 Å². The third-order valence-electron chi connectivity index (χ3n) is 5.70. The summed E-state index contributed by atoms with van der Waals surface area (Å²) in [7, 11) is 0. The summed E-state index contributed by atoms with van der Waals surface area (Å²) in [5.74, 6) is -4.39. The van der Waals surface area contributed by atoms with Gasteiger partial charge in [-0.2, -0.15) is 11.3 Å². The number of hydrogen-bond donors (Lipinski definition) is 1. The number of alkyl halides is 2. The van der Waals surface area contributed by atoms with Gasteiger partial charge in [-0.25, -0.2) is 18.2 Å². The van der Waals surface area contributed by atoms with E-state index < -0.39 is 28.6 Å². The molecule has 1 aromatic carbocycles. The molecule has 3 aromatic rings. The molecule has 4 rings (SSSR count). The Hall–Kier alpha value is -2.21. The van der Waals surface area contributed by atoms with Crippen molar-refractivity contribution in [2.75, 3.05) is 5.32 Å². The van der Waals surface area contributed by atoms with Crippen molar-refractivity contribution in [3.8, 4) is 6.07 Å². The monoisotopic (exact) mass is 447 g/mol. The maximum atomic E-state index is 14.9. The summed E-state index contributed by atoms with van der Waals surface area (Å²) in [4.78, 5) is 12.9. The number of fused-ring (bicyclic) bond motifs is 1. The number of halogens is 3. The summed E-state index contributed by atoms with van der Waals surface area (Å²) in [6.07, 6.45) is 4.38. The van der Waals surface area contributed by atoms with Crippen LogP contribution < -0.4 is 34.9 Å². The number of nitrogens with zero attached hydrogens (tertiary/aromatic N) is 4. The van der Waals surface area contributed by atoms with Crippen molar-refractivity contribution in [1.82, 2.24) is 15.0 Å². The smallest absolute Gasteiger partial charge is 0.369 e. The van der Waals surface area contributed by atoms with Crippen molar-refractivity contribution in [3.63, 3.8) is 0 Å². The number of nitrogens with one attached hydrogen (secondary N) is 1. The molecule has 9 heteroatoms. The number of pyridine rings is 1. The van der Waals surface area contributed by atoms with E-state index in [4.69, 9.17) is 0 Å². The Morgan fingerprint density at radius 1 is 1.28 bits per heavy atom. The largest absolute Gasteiger partial charge is 1.00 e. The van der Waals surface area contributed by atoms with Crippen LogP contribution in [0.1, 0.15) is 49.2 Å². The summed E-state index contributed by atoms with van der Waals surface area (Å²) < 4.78 is 43.7. The Kier molecular flexibility index (Phi) is 6.85. The molecule has 0 unspecified atom stereocenters. The van der Waals surface area contributed by atoms with E-state index in [2.05, 4.69) is 32.5 Å². The summed E-state index contributed by atoms with van der Waals surface area (Å²) in [5.41, 5.74) is -0.0233. The van der Waals surface area contributed by atoms with Gasteiger partial charge in [-0.15, -0.1) is 5.56 Å². The van der Waals surface area contributed by atoms with Gasteiger partial charge in [0.1, 0.15) is 17.5 Å². The van der Waals surface area contributed by atoms with Crippen LogP contribution in [-0.2, 0) is 17.9 Å². The number of nitriles is 1. The molecule has 0 bridgehead atoms. The molecule has 1 saturated carbocycles. The predicted molar refractivity (Wildman–Crippen MR) is 110 cm³/mol. The van der Waals surface area contributed by atoms with Crippen molar-refractivity contribution in [1.29, 1.82) is 5.26 Å². The first kappa shape index (κ1) is 24.4. The zero-order valence-electron chi connectivity index (χ0n) is 18.4. The predicted octanol–water partition coefficient (Wildman–Crippen LogP) is 2.19. The van der Waals surface area contributed by atoms with Crippen molar-refractivity contribution in [2.24, 2.45) is 5.92 Å². The molecule has 0 amide bonds.